The predicted molar refractivity (Wildman–Crippen MR) is 74.7 cm³/mol. The third-order valence-corrected chi connectivity index (χ3v) is 3.46. The fourth-order valence-corrected chi connectivity index (χ4v) is 2.42. The molecule has 0 radical (unpaired) electrons. The maximum Gasteiger partial charge on any atom is 0.228 e. The molecule has 1 aliphatic heterocycles. The molecule has 4 nitrogen and oxygen atoms in total. The van der Waals surface area contributed by atoms with Gasteiger partial charge >= 0.3 is 0 Å². The number of hydrogen-bond donors (Lipinski definition) is 1. The second-order valence-electron chi connectivity index (χ2n) is 4.70. The first-order chi connectivity index (χ1) is 9.29. The van der Waals surface area contributed by atoms with Gasteiger partial charge in [0.2, 0.25) is 5.91 Å². The number of carbonyl (C=O) groups is 1. The molecule has 0 spiro atoms. The number of H-pyrrole nitrogens is 1. The van der Waals surface area contributed by atoms with E-state index < -0.39 is 0 Å². The SMILES string of the molecule is C=CC1CC(=O)N(c2[nH]ncc2-c2ccccc2)C1. The van der Waals surface area contributed by atoms with Gasteiger partial charge in [-0.1, -0.05) is 36.4 Å². The standard InChI is InChI=1S/C15H15N3O/c1-2-11-8-14(19)18(10-11)15-13(9-16-17-15)12-6-4-3-5-7-12/h2-7,9,11H,1,8,10H2,(H,16,17). The van der Waals surface area contributed by atoms with Gasteiger partial charge in [0.15, 0.2) is 0 Å². The van der Waals surface area contributed by atoms with Gasteiger partial charge in [-0.25, -0.2) is 0 Å². The summed E-state index contributed by atoms with van der Waals surface area (Å²) in [6.07, 6.45) is 4.13. The Morgan fingerprint density at radius 3 is 2.84 bits per heavy atom. The van der Waals surface area contributed by atoms with Crippen LogP contribution in [0.15, 0.2) is 49.2 Å². The van der Waals surface area contributed by atoms with Crippen LogP contribution >= 0.6 is 0 Å². The maximum atomic E-state index is 12.1. The molecule has 2 aromatic rings. The Kier molecular flexibility index (Phi) is 2.91. The van der Waals surface area contributed by atoms with Crippen molar-refractivity contribution in [1.82, 2.24) is 10.2 Å². The molecule has 3 rings (SSSR count). The molecule has 0 saturated carbocycles. The average molecular weight is 253 g/mol. The van der Waals surface area contributed by atoms with E-state index in [1.807, 2.05) is 36.4 Å². The number of nitrogens with zero attached hydrogens (tertiary/aromatic N) is 2. The molecule has 1 unspecified atom stereocenters. The molecule has 1 atom stereocenters. The van der Waals surface area contributed by atoms with Crippen molar-refractivity contribution in [2.24, 2.45) is 5.92 Å². The zero-order valence-corrected chi connectivity index (χ0v) is 10.5. The first kappa shape index (κ1) is 11.7. The Hall–Kier alpha value is -2.36. The van der Waals surface area contributed by atoms with E-state index in [1.54, 1.807) is 11.1 Å². The highest BCUT2D eigenvalue weighted by atomic mass is 16.2. The van der Waals surface area contributed by atoms with Crippen LogP contribution < -0.4 is 4.90 Å². The van der Waals surface area contributed by atoms with Crippen LogP contribution in [0.1, 0.15) is 6.42 Å². The van der Waals surface area contributed by atoms with E-state index in [1.165, 1.54) is 0 Å². The van der Waals surface area contributed by atoms with E-state index in [0.29, 0.717) is 13.0 Å². The molecule has 0 aliphatic carbocycles. The van der Waals surface area contributed by atoms with Gasteiger partial charge < -0.3 is 0 Å². The Morgan fingerprint density at radius 1 is 1.37 bits per heavy atom. The fraction of sp³-hybridized carbons (Fsp3) is 0.200. The highest BCUT2D eigenvalue weighted by Gasteiger charge is 2.31. The topological polar surface area (TPSA) is 49.0 Å². The lowest BCUT2D eigenvalue weighted by atomic mass is 10.1. The van der Waals surface area contributed by atoms with Crippen LogP contribution in [0.4, 0.5) is 5.82 Å². The zero-order valence-electron chi connectivity index (χ0n) is 10.5. The van der Waals surface area contributed by atoms with Crippen molar-refractivity contribution in [3.8, 4) is 11.1 Å². The van der Waals surface area contributed by atoms with Crippen LogP contribution in [0.25, 0.3) is 11.1 Å². The number of nitrogens with one attached hydrogen (secondary N) is 1. The number of carbonyl (C=O) groups excluding carboxylic acids is 1. The van der Waals surface area contributed by atoms with Gasteiger partial charge in [-0.05, 0) is 5.56 Å². The fourth-order valence-electron chi connectivity index (χ4n) is 2.42. The molecule has 4 heteroatoms. The summed E-state index contributed by atoms with van der Waals surface area (Å²) in [4.78, 5) is 13.8. The van der Waals surface area contributed by atoms with Crippen LogP contribution in [-0.4, -0.2) is 22.6 Å². The normalized spacial score (nSPS) is 18.8. The van der Waals surface area contributed by atoms with Crippen molar-refractivity contribution in [1.29, 1.82) is 0 Å². The summed E-state index contributed by atoms with van der Waals surface area (Å²) >= 11 is 0. The Morgan fingerprint density at radius 2 is 2.16 bits per heavy atom. The summed E-state index contributed by atoms with van der Waals surface area (Å²) in [5, 5.41) is 7.03. The molecule has 1 saturated heterocycles. The molecule has 1 N–H and O–H groups in total. The lowest BCUT2D eigenvalue weighted by Gasteiger charge is -2.15. The first-order valence-corrected chi connectivity index (χ1v) is 6.31. The molecule has 19 heavy (non-hydrogen) atoms. The monoisotopic (exact) mass is 253 g/mol. The molecule has 96 valence electrons. The van der Waals surface area contributed by atoms with Crippen molar-refractivity contribution in [3.63, 3.8) is 0 Å². The molecule has 1 aromatic carbocycles. The van der Waals surface area contributed by atoms with Crippen LogP contribution in [0.3, 0.4) is 0 Å². The van der Waals surface area contributed by atoms with Gasteiger partial charge in [0.05, 0.1) is 6.20 Å². The largest absolute Gasteiger partial charge is 0.296 e. The summed E-state index contributed by atoms with van der Waals surface area (Å²) in [5.41, 5.74) is 2.01. The second-order valence-corrected chi connectivity index (χ2v) is 4.70. The molecule has 0 bridgehead atoms. The van der Waals surface area contributed by atoms with Crippen molar-refractivity contribution >= 4 is 11.7 Å². The van der Waals surface area contributed by atoms with Gasteiger partial charge in [0.1, 0.15) is 5.82 Å². The number of anilines is 1. The minimum Gasteiger partial charge on any atom is -0.296 e. The van der Waals surface area contributed by atoms with E-state index in [9.17, 15) is 4.79 Å². The van der Waals surface area contributed by atoms with E-state index >= 15 is 0 Å². The molecule has 1 aliphatic rings. The van der Waals surface area contributed by atoms with Crippen molar-refractivity contribution in [2.45, 2.75) is 6.42 Å². The highest BCUT2D eigenvalue weighted by Crippen LogP contribution is 2.32. The van der Waals surface area contributed by atoms with E-state index in [4.69, 9.17) is 0 Å². The van der Waals surface area contributed by atoms with Gasteiger partial charge in [-0.15, -0.1) is 6.58 Å². The average Bonchev–Trinajstić information content (AvgIpc) is 3.05. The Labute approximate surface area is 111 Å². The summed E-state index contributed by atoms with van der Waals surface area (Å²) in [6.45, 7) is 4.44. The molecular formula is C15H15N3O. The molecule has 1 fully saturated rings. The number of amides is 1. The maximum absolute atomic E-state index is 12.1. The van der Waals surface area contributed by atoms with E-state index in [2.05, 4.69) is 16.8 Å². The van der Waals surface area contributed by atoms with Crippen LogP contribution in [0.5, 0.6) is 0 Å². The highest BCUT2D eigenvalue weighted by molar-refractivity contribution is 5.98. The number of hydrogen-bond acceptors (Lipinski definition) is 2. The number of rotatable bonds is 3. The lowest BCUT2D eigenvalue weighted by molar-refractivity contribution is -0.117. The van der Waals surface area contributed by atoms with Gasteiger partial charge in [0.25, 0.3) is 0 Å². The zero-order chi connectivity index (χ0) is 13.2. The molecule has 1 amide bonds. The summed E-state index contributed by atoms with van der Waals surface area (Å²) in [5.74, 6) is 1.12. The summed E-state index contributed by atoms with van der Waals surface area (Å²) in [7, 11) is 0. The van der Waals surface area contributed by atoms with Crippen molar-refractivity contribution in [2.75, 3.05) is 11.4 Å². The molecule has 1 aromatic heterocycles. The Bertz CT molecular complexity index is 603. The quantitative estimate of drug-likeness (QED) is 0.855. The minimum atomic E-state index is 0.117. The third-order valence-electron chi connectivity index (χ3n) is 3.46. The van der Waals surface area contributed by atoms with Gasteiger partial charge in [-0.3, -0.25) is 14.8 Å². The van der Waals surface area contributed by atoms with Gasteiger partial charge in [0, 0.05) is 24.4 Å². The van der Waals surface area contributed by atoms with Crippen LogP contribution in [0, 0.1) is 5.92 Å². The summed E-state index contributed by atoms with van der Waals surface area (Å²) in [6, 6.07) is 9.95. The smallest absolute Gasteiger partial charge is 0.228 e. The second kappa shape index (κ2) is 4.72. The van der Waals surface area contributed by atoms with Crippen LogP contribution in [0.2, 0.25) is 0 Å². The molecular weight excluding hydrogens is 238 g/mol. The number of benzene rings is 1. The van der Waals surface area contributed by atoms with E-state index in [0.717, 1.165) is 16.9 Å². The Balaban J connectivity index is 1.97. The van der Waals surface area contributed by atoms with Crippen molar-refractivity contribution in [3.05, 3.63) is 49.2 Å². The van der Waals surface area contributed by atoms with Crippen LogP contribution in [-0.2, 0) is 4.79 Å². The van der Waals surface area contributed by atoms with Gasteiger partial charge in [-0.2, -0.15) is 5.10 Å². The van der Waals surface area contributed by atoms with Crippen molar-refractivity contribution < 1.29 is 4.79 Å². The van der Waals surface area contributed by atoms with E-state index in [-0.39, 0.29) is 11.8 Å². The number of aromatic amines is 1. The molecule has 2 heterocycles. The minimum absolute atomic E-state index is 0.117. The first-order valence-electron chi connectivity index (χ1n) is 6.31. The third kappa shape index (κ3) is 2.05. The lowest BCUT2D eigenvalue weighted by Crippen LogP contribution is -2.25. The number of aromatic nitrogens is 2. The summed E-state index contributed by atoms with van der Waals surface area (Å²) < 4.78 is 0. The predicted octanol–water partition coefficient (Wildman–Crippen LogP) is 2.62.